The van der Waals surface area contributed by atoms with Crippen LogP contribution in [0.5, 0.6) is 0 Å². The lowest BCUT2D eigenvalue weighted by atomic mass is 10.2. The summed E-state index contributed by atoms with van der Waals surface area (Å²) >= 11 is 0. The van der Waals surface area contributed by atoms with Crippen molar-refractivity contribution < 1.29 is 4.79 Å². The Morgan fingerprint density at radius 2 is 1.94 bits per heavy atom. The van der Waals surface area contributed by atoms with E-state index < -0.39 is 0 Å². The number of carbonyl (C=O) groups excluding carboxylic acids is 1. The topological polar surface area (TPSA) is 65.8 Å². The Hall–Kier alpha value is -2.67. The molecular weight excluding hydrogens is 214 g/mol. The quantitative estimate of drug-likeness (QED) is 0.848. The van der Waals surface area contributed by atoms with Gasteiger partial charge in [-0.2, -0.15) is 5.26 Å². The zero-order valence-corrected chi connectivity index (χ0v) is 8.92. The molecule has 4 nitrogen and oxygen atoms in total. The highest BCUT2D eigenvalue weighted by molar-refractivity contribution is 6.02. The monoisotopic (exact) mass is 223 g/mol. The molecule has 17 heavy (non-hydrogen) atoms. The predicted molar refractivity (Wildman–Crippen MR) is 63.3 cm³/mol. The van der Waals surface area contributed by atoms with E-state index in [9.17, 15) is 4.79 Å². The van der Waals surface area contributed by atoms with Gasteiger partial charge in [-0.3, -0.25) is 9.78 Å². The van der Waals surface area contributed by atoms with Crippen LogP contribution in [0.2, 0.25) is 0 Å². The van der Waals surface area contributed by atoms with Crippen LogP contribution in [-0.4, -0.2) is 10.9 Å². The van der Waals surface area contributed by atoms with Crippen LogP contribution in [-0.2, 0) is 0 Å². The number of benzene rings is 1. The number of carbonyl (C=O) groups is 1. The van der Waals surface area contributed by atoms with Gasteiger partial charge in [-0.05, 0) is 36.4 Å². The molecule has 82 valence electrons. The fourth-order valence-electron chi connectivity index (χ4n) is 1.32. The lowest BCUT2D eigenvalue weighted by Gasteiger charge is -2.03. The highest BCUT2D eigenvalue weighted by atomic mass is 16.1. The molecule has 0 aliphatic rings. The summed E-state index contributed by atoms with van der Waals surface area (Å²) in [5.41, 5.74) is 1.55. The average molecular weight is 223 g/mol. The van der Waals surface area contributed by atoms with Crippen molar-refractivity contribution in [1.29, 1.82) is 5.26 Å². The molecule has 0 spiro atoms. The zero-order chi connectivity index (χ0) is 12.1. The zero-order valence-electron chi connectivity index (χ0n) is 8.92. The van der Waals surface area contributed by atoms with Crippen LogP contribution in [0, 0.1) is 11.3 Å². The highest BCUT2D eigenvalue weighted by Gasteiger charge is 2.05. The number of anilines is 1. The summed E-state index contributed by atoms with van der Waals surface area (Å²) in [7, 11) is 0. The van der Waals surface area contributed by atoms with E-state index in [1.54, 1.807) is 48.7 Å². The Labute approximate surface area is 98.5 Å². The van der Waals surface area contributed by atoms with E-state index in [4.69, 9.17) is 5.26 Å². The third kappa shape index (κ3) is 2.67. The first kappa shape index (κ1) is 10.8. The second-order valence-corrected chi connectivity index (χ2v) is 3.36. The molecule has 0 saturated heterocycles. The molecule has 4 heteroatoms. The van der Waals surface area contributed by atoms with Crippen molar-refractivity contribution in [3.8, 4) is 6.07 Å². The Morgan fingerprint density at radius 3 is 2.53 bits per heavy atom. The molecule has 1 aromatic carbocycles. The maximum Gasteiger partial charge on any atom is 0.274 e. The lowest BCUT2D eigenvalue weighted by molar-refractivity contribution is 0.102. The van der Waals surface area contributed by atoms with Crippen LogP contribution in [0.1, 0.15) is 16.1 Å². The number of rotatable bonds is 2. The largest absolute Gasteiger partial charge is 0.321 e. The van der Waals surface area contributed by atoms with Gasteiger partial charge in [0, 0.05) is 11.9 Å². The number of nitriles is 1. The van der Waals surface area contributed by atoms with Crippen molar-refractivity contribution in [2.24, 2.45) is 0 Å². The summed E-state index contributed by atoms with van der Waals surface area (Å²) in [6.07, 6.45) is 1.56. The van der Waals surface area contributed by atoms with Crippen molar-refractivity contribution >= 4 is 11.6 Å². The van der Waals surface area contributed by atoms with E-state index in [2.05, 4.69) is 10.3 Å². The normalized spacial score (nSPS) is 9.35. The highest BCUT2D eigenvalue weighted by Crippen LogP contribution is 2.09. The molecule has 0 saturated carbocycles. The molecule has 1 amide bonds. The van der Waals surface area contributed by atoms with E-state index in [0.717, 1.165) is 0 Å². The molecular formula is C13H9N3O. The number of pyridine rings is 1. The van der Waals surface area contributed by atoms with Gasteiger partial charge in [0.1, 0.15) is 5.69 Å². The molecule has 0 unspecified atom stereocenters. The van der Waals surface area contributed by atoms with Gasteiger partial charge in [-0.25, -0.2) is 0 Å². The van der Waals surface area contributed by atoms with Crippen molar-refractivity contribution in [2.75, 3.05) is 5.32 Å². The Balaban J connectivity index is 2.11. The molecule has 2 rings (SSSR count). The second kappa shape index (κ2) is 4.90. The van der Waals surface area contributed by atoms with Crippen molar-refractivity contribution in [3.05, 3.63) is 59.9 Å². The SMILES string of the molecule is N#Cc1ccc(NC(=O)c2ccccn2)cc1. The number of nitrogens with zero attached hydrogens (tertiary/aromatic N) is 2. The summed E-state index contributed by atoms with van der Waals surface area (Å²) in [4.78, 5) is 15.7. The van der Waals surface area contributed by atoms with Gasteiger partial charge in [-0.15, -0.1) is 0 Å². The van der Waals surface area contributed by atoms with Crippen LogP contribution in [0.25, 0.3) is 0 Å². The first-order valence-electron chi connectivity index (χ1n) is 5.02. The minimum Gasteiger partial charge on any atom is -0.321 e. The number of hydrogen-bond donors (Lipinski definition) is 1. The first-order valence-corrected chi connectivity index (χ1v) is 5.02. The molecule has 0 aliphatic carbocycles. The molecule has 0 radical (unpaired) electrons. The van der Waals surface area contributed by atoms with Crippen molar-refractivity contribution in [1.82, 2.24) is 4.98 Å². The van der Waals surface area contributed by atoms with Gasteiger partial charge in [0.25, 0.3) is 5.91 Å². The molecule has 0 atom stereocenters. The molecule has 0 fully saturated rings. The molecule has 1 heterocycles. The Kier molecular flexibility index (Phi) is 3.13. The predicted octanol–water partition coefficient (Wildman–Crippen LogP) is 2.21. The number of amides is 1. The fourth-order valence-corrected chi connectivity index (χ4v) is 1.32. The maximum atomic E-state index is 11.7. The van der Waals surface area contributed by atoms with E-state index in [0.29, 0.717) is 16.9 Å². The minimum atomic E-state index is -0.268. The van der Waals surface area contributed by atoms with Crippen LogP contribution < -0.4 is 5.32 Å². The van der Waals surface area contributed by atoms with E-state index in [-0.39, 0.29) is 5.91 Å². The van der Waals surface area contributed by atoms with E-state index in [1.165, 1.54) is 0 Å². The molecule has 0 bridgehead atoms. The Morgan fingerprint density at radius 1 is 1.18 bits per heavy atom. The van der Waals surface area contributed by atoms with Crippen LogP contribution >= 0.6 is 0 Å². The van der Waals surface area contributed by atoms with Crippen molar-refractivity contribution in [2.45, 2.75) is 0 Å². The Bertz CT molecular complexity index is 555. The number of nitrogens with one attached hydrogen (secondary N) is 1. The minimum absolute atomic E-state index is 0.268. The standard InChI is InChI=1S/C13H9N3O/c14-9-10-4-6-11(7-5-10)16-13(17)12-3-1-2-8-15-12/h1-8H,(H,16,17). The average Bonchev–Trinajstić information content (AvgIpc) is 2.40. The van der Waals surface area contributed by atoms with Crippen LogP contribution in [0.3, 0.4) is 0 Å². The third-order valence-corrected chi connectivity index (χ3v) is 2.17. The summed E-state index contributed by atoms with van der Waals surface area (Å²) in [6, 6.07) is 13.8. The molecule has 1 N–H and O–H groups in total. The molecule has 1 aromatic heterocycles. The maximum absolute atomic E-state index is 11.7. The summed E-state index contributed by atoms with van der Waals surface area (Å²) in [6.45, 7) is 0. The van der Waals surface area contributed by atoms with E-state index >= 15 is 0 Å². The number of aromatic nitrogens is 1. The van der Waals surface area contributed by atoms with E-state index in [1.807, 2.05) is 6.07 Å². The second-order valence-electron chi connectivity index (χ2n) is 3.36. The first-order chi connectivity index (χ1) is 8.29. The van der Waals surface area contributed by atoms with Crippen molar-refractivity contribution in [3.63, 3.8) is 0 Å². The molecule has 2 aromatic rings. The third-order valence-electron chi connectivity index (χ3n) is 2.17. The summed E-state index contributed by atoms with van der Waals surface area (Å²) in [5, 5.41) is 11.3. The lowest BCUT2D eigenvalue weighted by Crippen LogP contribution is -2.13. The van der Waals surface area contributed by atoms with Gasteiger partial charge in [0.05, 0.1) is 11.6 Å². The van der Waals surface area contributed by atoms with Crippen LogP contribution in [0.15, 0.2) is 48.7 Å². The van der Waals surface area contributed by atoms with Gasteiger partial charge in [-0.1, -0.05) is 6.07 Å². The number of hydrogen-bond acceptors (Lipinski definition) is 3. The summed E-state index contributed by atoms with van der Waals surface area (Å²) < 4.78 is 0. The molecule has 0 aliphatic heterocycles. The fraction of sp³-hybridized carbons (Fsp3) is 0. The summed E-state index contributed by atoms with van der Waals surface area (Å²) in [5.74, 6) is -0.268. The van der Waals surface area contributed by atoms with Gasteiger partial charge in [0.15, 0.2) is 0 Å². The van der Waals surface area contributed by atoms with Gasteiger partial charge in [0.2, 0.25) is 0 Å². The van der Waals surface area contributed by atoms with Gasteiger partial charge >= 0.3 is 0 Å². The smallest absolute Gasteiger partial charge is 0.274 e. The van der Waals surface area contributed by atoms with Crippen LogP contribution in [0.4, 0.5) is 5.69 Å². The van der Waals surface area contributed by atoms with Gasteiger partial charge < -0.3 is 5.32 Å².